The van der Waals surface area contributed by atoms with Crippen molar-refractivity contribution in [3.63, 3.8) is 0 Å². The largest absolute Gasteiger partial charge is 0.392 e. The fraction of sp³-hybridized carbons (Fsp3) is 0.429. The minimum atomic E-state index is -0.312. The smallest absolute Gasteiger partial charge is 0.123 e. The molecule has 4 rings (SSSR count). The maximum absolute atomic E-state index is 13.3. The first-order valence-corrected chi connectivity index (χ1v) is 8.90. The van der Waals surface area contributed by atoms with Crippen molar-refractivity contribution in [2.45, 2.75) is 31.4 Å². The zero-order chi connectivity index (χ0) is 16.5. The van der Waals surface area contributed by atoms with E-state index in [2.05, 4.69) is 29.2 Å². The minimum absolute atomic E-state index is 0.130. The molecule has 0 bridgehead atoms. The highest BCUT2D eigenvalue weighted by Crippen LogP contribution is 2.45. The molecule has 1 aliphatic carbocycles. The summed E-state index contributed by atoms with van der Waals surface area (Å²) in [4.78, 5) is 2.51. The highest BCUT2D eigenvalue weighted by molar-refractivity contribution is 5.25. The van der Waals surface area contributed by atoms with Crippen LogP contribution < -0.4 is 0 Å². The molecule has 0 spiro atoms. The molecule has 2 aromatic rings. The average molecular weight is 325 g/mol. The normalized spacial score (nSPS) is 30.2. The van der Waals surface area contributed by atoms with Gasteiger partial charge in [0, 0.05) is 25.6 Å². The van der Waals surface area contributed by atoms with Crippen LogP contribution in [0.2, 0.25) is 0 Å². The maximum Gasteiger partial charge on any atom is 0.123 e. The van der Waals surface area contributed by atoms with E-state index in [1.54, 1.807) is 0 Å². The van der Waals surface area contributed by atoms with Crippen molar-refractivity contribution >= 4 is 0 Å². The minimum Gasteiger partial charge on any atom is -0.392 e. The SMILES string of the molecule is OC1CCC2CN(Cc3ccccc3)CC2C1c1ccc(F)cc1. The summed E-state index contributed by atoms with van der Waals surface area (Å²) >= 11 is 0. The standard InChI is InChI=1S/C21H24FNO/c22-18-9-6-16(7-10-18)21-19-14-23(12-15-4-2-1-3-5-15)13-17(19)8-11-20(21)24/h1-7,9-10,17,19-21,24H,8,11-14H2. The van der Waals surface area contributed by atoms with Gasteiger partial charge in [-0.05, 0) is 47.9 Å². The molecule has 3 heteroatoms. The summed E-state index contributed by atoms with van der Waals surface area (Å²) in [5.74, 6) is 1.01. The van der Waals surface area contributed by atoms with E-state index in [1.165, 1.54) is 17.7 Å². The van der Waals surface area contributed by atoms with Crippen LogP contribution in [0.25, 0.3) is 0 Å². The number of likely N-dealkylation sites (tertiary alicyclic amines) is 1. The Labute approximate surface area is 142 Å². The highest BCUT2D eigenvalue weighted by Gasteiger charge is 2.44. The number of hydrogen-bond donors (Lipinski definition) is 1. The third-order valence-electron chi connectivity index (χ3n) is 5.78. The predicted molar refractivity (Wildman–Crippen MR) is 93.1 cm³/mol. The molecule has 24 heavy (non-hydrogen) atoms. The van der Waals surface area contributed by atoms with Gasteiger partial charge in [-0.15, -0.1) is 0 Å². The van der Waals surface area contributed by atoms with Crippen molar-refractivity contribution < 1.29 is 9.50 Å². The van der Waals surface area contributed by atoms with E-state index in [1.807, 2.05) is 18.2 Å². The van der Waals surface area contributed by atoms with E-state index in [4.69, 9.17) is 0 Å². The molecular weight excluding hydrogens is 301 g/mol. The summed E-state index contributed by atoms with van der Waals surface area (Å²) in [6.07, 6.45) is 1.63. The molecule has 2 aliphatic rings. The van der Waals surface area contributed by atoms with Gasteiger partial charge in [-0.3, -0.25) is 4.90 Å². The van der Waals surface area contributed by atoms with Gasteiger partial charge in [-0.25, -0.2) is 4.39 Å². The Morgan fingerprint density at radius 3 is 2.46 bits per heavy atom. The summed E-state index contributed by atoms with van der Waals surface area (Å²) in [6, 6.07) is 17.3. The molecule has 2 fully saturated rings. The van der Waals surface area contributed by atoms with Crippen molar-refractivity contribution in [1.82, 2.24) is 4.90 Å². The molecule has 1 heterocycles. The van der Waals surface area contributed by atoms with E-state index in [9.17, 15) is 9.50 Å². The van der Waals surface area contributed by atoms with Crippen LogP contribution in [0.1, 0.15) is 29.9 Å². The first-order chi connectivity index (χ1) is 11.7. The molecule has 126 valence electrons. The number of hydrogen-bond acceptors (Lipinski definition) is 2. The molecule has 2 nitrogen and oxygen atoms in total. The van der Waals surface area contributed by atoms with Crippen LogP contribution in [-0.4, -0.2) is 29.2 Å². The lowest BCUT2D eigenvalue weighted by molar-refractivity contribution is 0.0590. The van der Waals surface area contributed by atoms with E-state index in [0.717, 1.165) is 38.0 Å². The fourth-order valence-electron chi connectivity index (χ4n) is 4.68. The van der Waals surface area contributed by atoms with Crippen molar-refractivity contribution in [3.8, 4) is 0 Å². The molecule has 1 N–H and O–H groups in total. The van der Waals surface area contributed by atoms with Crippen LogP contribution in [0.4, 0.5) is 4.39 Å². The van der Waals surface area contributed by atoms with Gasteiger partial charge in [0.2, 0.25) is 0 Å². The van der Waals surface area contributed by atoms with Crippen LogP contribution in [0.3, 0.4) is 0 Å². The lowest BCUT2D eigenvalue weighted by Crippen LogP contribution is -2.35. The number of rotatable bonds is 3. The summed E-state index contributed by atoms with van der Waals surface area (Å²) in [6.45, 7) is 3.09. The zero-order valence-electron chi connectivity index (χ0n) is 13.8. The Balaban J connectivity index is 1.53. The molecule has 0 radical (unpaired) electrons. The van der Waals surface area contributed by atoms with Crippen LogP contribution in [-0.2, 0) is 6.54 Å². The van der Waals surface area contributed by atoms with Gasteiger partial charge in [-0.2, -0.15) is 0 Å². The van der Waals surface area contributed by atoms with Gasteiger partial charge in [0.25, 0.3) is 0 Å². The van der Waals surface area contributed by atoms with Crippen molar-refractivity contribution in [2.75, 3.05) is 13.1 Å². The van der Waals surface area contributed by atoms with E-state index >= 15 is 0 Å². The monoisotopic (exact) mass is 325 g/mol. The molecule has 1 saturated heterocycles. The van der Waals surface area contributed by atoms with Crippen molar-refractivity contribution in [3.05, 3.63) is 71.5 Å². The second-order valence-corrected chi connectivity index (χ2v) is 7.33. The third-order valence-corrected chi connectivity index (χ3v) is 5.78. The van der Waals surface area contributed by atoms with E-state index in [-0.39, 0.29) is 17.8 Å². The molecule has 2 aromatic carbocycles. The Kier molecular flexibility index (Phi) is 4.38. The van der Waals surface area contributed by atoms with Crippen molar-refractivity contribution in [2.24, 2.45) is 11.8 Å². The molecule has 0 amide bonds. The summed E-state index contributed by atoms with van der Waals surface area (Å²) in [5.41, 5.74) is 2.43. The Bertz CT molecular complexity index is 672. The van der Waals surface area contributed by atoms with Gasteiger partial charge in [0.1, 0.15) is 5.82 Å². The van der Waals surface area contributed by atoms with Gasteiger partial charge in [0.15, 0.2) is 0 Å². The number of aliphatic hydroxyl groups is 1. The summed E-state index contributed by atoms with van der Waals surface area (Å²) in [7, 11) is 0. The molecular formula is C21H24FNO. The second-order valence-electron chi connectivity index (χ2n) is 7.33. The van der Waals surface area contributed by atoms with Crippen LogP contribution in [0.15, 0.2) is 54.6 Å². The molecule has 4 unspecified atom stereocenters. The van der Waals surface area contributed by atoms with Crippen LogP contribution >= 0.6 is 0 Å². The van der Waals surface area contributed by atoms with Gasteiger partial charge < -0.3 is 5.11 Å². The molecule has 4 atom stereocenters. The number of nitrogens with zero attached hydrogens (tertiary/aromatic N) is 1. The topological polar surface area (TPSA) is 23.5 Å². The van der Waals surface area contributed by atoms with Gasteiger partial charge in [0.05, 0.1) is 6.10 Å². The Morgan fingerprint density at radius 1 is 0.958 bits per heavy atom. The summed E-state index contributed by atoms with van der Waals surface area (Å²) in [5, 5.41) is 10.6. The molecule has 1 aliphatic heterocycles. The van der Waals surface area contributed by atoms with E-state index in [0.29, 0.717) is 11.8 Å². The first kappa shape index (κ1) is 15.8. The first-order valence-electron chi connectivity index (χ1n) is 8.90. The van der Waals surface area contributed by atoms with Crippen LogP contribution in [0, 0.1) is 17.7 Å². The lowest BCUT2D eigenvalue weighted by atomic mass is 9.69. The molecule has 1 saturated carbocycles. The predicted octanol–water partition coefficient (Wildman–Crippen LogP) is 3.81. The zero-order valence-corrected chi connectivity index (χ0v) is 13.8. The average Bonchev–Trinajstić information content (AvgIpc) is 2.99. The Hall–Kier alpha value is -1.71. The highest BCUT2D eigenvalue weighted by atomic mass is 19.1. The third kappa shape index (κ3) is 3.11. The number of halogens is 1. The van der Waals surface area contributed by atoms with Gasteiger partial charge in [-0.1, -0.05) is 42.5 Å². The van der Waals surface area contributed by atoms with E-state index < -0.39 is 0 Å². The number of aliphatic hydroxyl groups excluding tert-OH is 1. The van der Waals surface area contributed by atoms with Crippen LogP contribution in [0.5, 0.6) is 0 Å². The fourth-order valence-corrected chi connectivity index (χ4v) is 4.68. The summed E-state index contributed by atoms with van der Waals surface area (Å²) < 4.78 is 13.3. The second kappa shape index (κ2) is 6.66. The maximum atomic E-state index is 13.3. The number of fused-ring (bicyclic) bond motifs is 1. The molecule has 0 aromatic heterocycles. The Morgan fingerprint density at radius 2 is 1.71 bits per heavy atom. The number of benzene rings is 2. The quantitative estimate of drug-likeness (QED) is 0.927. The van der Waals surface area contributed by atoms with Gasteiger partial charge >= 0.3 is 0 Å². The van der Waals surface area contributed by atoms with Crippen molar-refractivity contribution in [1.29, 1.82) is 0 Å². The lowest BCUT2D eigenvalue weighted by Gasteiger charge is -2.37.